The number of aromatic carboxylic acids is 1. The molecule has 5 N–H and O–H groups in total. The third-order valence-electron chi connectivity index (χ3n) is 4.25. The summed E-state index contributed by atoms with van der Waals surface area (Å²) >= 11 is 0. The number of hydrogen-bond donors (Lipinski definition) is 3. The molecule has 0 bridgehead atoms. The summed E-state index contributed by atoms with van der Waals surface area (Å²) in [5, 5.41) is 8.66. The molecule has 0 amide bonds. The van der Waals surface area contributed by atoms with E-state index in [-0.39, 0.29) is 23.7 Å². The second-order valence-corrected chi connectivity index (χ2v) is 5.65. The lowest BCUT2D eigenvalue weighted by Gasteiger charge is -2.16. The molecule has 2 aromatic rings. The van der Waals surface area contributed by atoms with E-state index in [2.05, 4.69) is 0 Å². The molecule has 2 atom stereocenters. The fraction of sp³-hybridized carbons (Fsp3) is 0.333. The Hall–Kier alpha value is -2.48. The van der Waals surface area contributed by atoms with Gasteiger partial charge in [-0.2, -0.15) is 0 Å². The van der Waals surface area contributed by atoms with Crippen molar-refractivity contribution in [1.82, 2.24) is 4.57 Å². The molecule has 1 aliphatic rings. The van der Waals surface area contributed by atoms with Crippen LogP contribution < -0.4 is 16.9 Å². The van der Waals surface area contributed by atoms with E-state index in [4.69, 9.17) is 16.6 Å². The third kappa shape index (κ3) is 2.09. The van der Waals surface area contributed by atoms with E-state index >= 15 is 0 Å². The second-order valence-electron chi connectivity index (χ2n) is 5.65. The van der Waals surface area contributed by atoms with E-state index in [1.54, 1.807) is 6.92 Å². The predicted octanol–water partition coefficient (Wildman–Crippen LogP) is 1.39. The number of anilines is 1. The van der Waals surface area contributed by atoms with Gasteiger partial charge in [0.15, 0.2) is 11.6 Å². The first-order valence-electron chi connectivity index (χ1n) is 7.11. The first kappa shape index (κ1) is 15.4. The van der Waals surface area contributed by atoms with Crippen molar-refractivity contribution in [1.29, 1.82) is 0 Å². The van der Waals surface area contributed by atoms with Crippen LogP contribution >= 0.6 is 0 Å². The van der Waals surface area contributed by atoms with Gasteiger partial charge in [-0.05, 0) is 13.3 Å². The van der Waals surface area contributed by atoms with Crippen LogP contribution in [0.2, 0.25) is 0 Å². The number of nitrogens with zero attached hydrogens (tertiary/aromatic N) is 1. The van der Waals surface area contributed by atoms with Gasteiger partial charge in [0.25, 0.3) is 0 Å². The highest BCUT2D eigenvalue weighted by molar-refractivity contribution is 5.98. The van der Waals surface area contributed by atoms with Crippen molar-refractivity contribution in [2.45, 2.75) is 31.8 Å². The maximum absolute atomic E-state index is 14.9. The molecule has 0 unspecified atom stereocenters. The van der Waals surface area contributed by atoms with Crippen LogP contribution in [-0.4, -0.2) is 21.7 Å². The number of hydrogen-bond acceptors (Lipinski definition) is 4. The quantitative estimate of drug-likeness (QED) is 0.739. The van der Waals surface area contributed by atoms with Gasteiger partial charge in [-0.3, -0.25) is 4.79 Å². The maximum Gasteiger partial charge on any atom is 0.341 e. The number of halogens is 2. The molecule has 23 heavy (non-hydrogen) atoms. The summed E-state index contributed by atoms with van der Waals surface area (Å²) in [5.41, 5.74) is 8.84. The molecule has 1 aromatic carbocycles. The highest BCUT2D eigenvalue weighted by Gasteiger charge is 2.41. The first-order valence-corrected chi connectivity index (χ1v) is 7.11. The molecule has 6 nitrogen and oxygen atoms in total. The summed E-state index contributed by atoms with van der Waals surface area (Å²) in [6, 6.07) is -0.351. The van der Waals surface area contributed by atoms with Gasteiger partial charge in [-0.1, -0.05) is 0 Å². The molecule has 1 saturated carbocycles. The summed E-state index contributed by atoms with van der Waals surface area (Å²) in [5.74, 6) is -3.90. The molecule has 0 radical (unpaired) electrons. The zero-order valence-electron chi connectivity index (χ0n) is 12.3. The molecule has 1 aliphatic carbocycles. The number of rotatable bonds is 3. The lowest BCUT2D eigenvalue weighted by atomic mass is 10.0. The molecular formula is C15H15F2N3O3. The smallest absolute Gasteiger partial charge is 0.341 e. The highest BCUT2D eigenvalue weighted by Crippen LogP contribution is 2.44. The normalized spacial score (nSPS) is 20.0. The second kappa shape index (κ2) is 5.02. The van der Waals surface area contributed by atoms with Crippen LogP contribution in [0.25, 0.3) is 10.9 Å². The lowest BCUT2D eigenvalue weighted by molar-refractivity contribution is 0.0695. The Morgan fingerprint density at radius 1 is 1.43 bits per heavy atom. The Morgan fingerprint density at radius 3 is 2.52 bits per heavy atom. The average Bonchev–Trinajstić information content (AvgIpc) is 3.20. The molecular weight excluding hydrogens is 308 g/mol. The molecule has 3 rings (SSSR count). The standard InChI is InChI=1S/C15H15F2N3O3/c1-2-20-4-6(15(22)23)14(21)9-12(19)10(16)8(5-3-7(5)18)11(17)13(9)20/h4-5,7H,2-3,18-19H2,1H3,(H,22,23)/t5-,7-/m1/s1. The summed E-state index contributed by atoms with van der Waals surface area (Å²) in [6.45, 7) is 1.84. The van der Waals surface area contributed by atoms with Gasteiger partial charge in [0.05, 0.1) is 16.6 Å². The minimum atomic E-state index is -1.48. The minimum Gasteiger partial charge on any atom is -0.477 e. The van der Waals surface area contributed by atoms with Crippen LogP contribution in [0.4, 0.5) is 14.5 Å². The lowest BCUT2D eigenvalue weighted by Crippen LogP contribution is -2.22. The van der Waals surface area contributed by atoms with Crippen LogP contribution in [-0.2, 0) is 6.54 Å². The van der Waals surface area contributed by atoms with E-state index in [0.29, 0.717) is 6.42 Å². The zero-order chi connectivity index (χ0) is 17.0. The Kier molecular flexibility index (Phi) is 3.36. The molecule has 0 spiro atoms. The molecule has 122 valence electrons. The van der Waals surface area contributed by atoms with Crippen molar-refractivity contribution in [3.63, 3.8) is 0 Å². The van der Waals surface area contributed by atoms with Gasteiger partial charge < -0.3 is 21.1 Å². The fourth-order valence-corrected chi connectivity index (χ4v) is 2.90. The van der Waals surface area contributed by atoms with E-state index in [9.17, 15) is 18.4 Å². The van der Waals surface area contributed by atoms with Gasteiger partial charge in [-0.25, -0.2) is 13.6 Å². The zero-order valence-corrected chi connectivity index (χ0v) is 12.3. The van der Waals surface area contributed by atoms with Crippen molar-refractivity contribution >= 4 is 22.6 Å². The van der Waals surface area contributed by atoms with Crippen LogP contribution in [0.1, 0.15) is 35.2 Å². The average molecular weight is 323 g/mol. The van der Waals surface area contributed by atoms with Crippen LogP contribution in [0.5, 0.6) is 0 Å². The number of carboxylic acids is 1. The van der Waals surface area contributed by atoms with Gasteiger partial charge in [0, 0.05) is 30.3 Å². The van der Waals surface area contributed by atoms with E-state index in [0.717, 1.165) is 6.20 Å². The van der Waals surface area contributed by atoms with Crippen molar-refractivity contribution in [2.75, 3.05) is 5.73 Å². The number of aryl methyl sites for hydroxylation is 1. The summed E-state index contributed by atoms with van der Waals surface area (Å²) in [7, 11) is 0. The third-order valence-corrected chi connectivity index (χ3v) is 4.25. The van der Waals surface area contributed by atoms with Crippen molar-refractivity contribution < 1.29 is 18.7 Å². The molecule has 1 fully saturated rings. The number of carboxylic acid groups (broad SMARTS) is 1. The number of fused-ring (bicyclic) bond motifs is 1. The number of benzene rings is 1. The number of carbonyl (C=O) groups is 1. The summed E-state index contributed by atoms with van der Waals surface area (Å²) in [6.07, 6.45) is 1.48. The Labute approximate surface area is 129 Å². The number of nitrogen functional groups attached to an aromatic ring is 1. The number of aromatic nitrogens is 1. The monoisotopic (exact) mass is 323 g/mol. The highest BCUT2D eigenvalue weighted by atomic mass is 19.1. The van der Waals surface area contributed by atoms with E-state index < -0.39 is 45.6 Å². The largest absolute Gasteiger partial charge is 0.477 e. The summed E-state index contributed by atoms with van der Waals surface area (Å²) < 4.78 is 30.6. The number of nitrogens with two attached hydrogens (primary N) is 2. The summed E-state index contributed by atoms with van der Waals surface area (Å²) in [4.78, 5) is 23.5. The van der Waals surface area contributed by atoms with Gasteiger partial charge in [0.1, 0.15) is 5.56 Å². The first-order chi connectivity index (χ1) is 10.8. The fourth-order valence-electron chi connectivity index (χ4n) is 2.90. The van der Waals surface area contributed by atoms with Gasteiger partial charge >= 0.3 is 5.97 Å². The number of pyridine rings is 1. The Balaban J connectivity index is 2.51. The topological polar surface area (TPSA) is 111 Å². The SMILES string of the molecule is CCn1cc(C(=O)O)c(=O)c2c(N)c(F)c([C@@H]3C[C@H]3N)c(F)c21. The van der Waals surface area contributed by atoms with Crippen LogP contribution in [0.3, 0.4) is 0 Å². The van der Waals surface area contributed by atoms with E-state index in [1.165, 1.54) is 4.57 Å². The molecule has 0 saturated heterocycles. The minimum absolute atomic E-state index is 0.185. The van der Waals surface area contributed by atoms with E-state index in [1.807, 2.05) is 0 Å². The van der Waals surface area contributed by atoms with Gasteiger partial charge in [0.2, 0.25) is 5.43 Å². The van der Waals surface area contributed by atoms with Crippen LogP contribution in [0.15, 0.2) is 11.0 Å². The molecule has 1 heterocycles. The van der Waals surface area contributed by atoms with Gasteiger partial charge in [-0.15, -0.1) is 0 Å². The predicted molar refractivity (Wildman–Crippen MR) is 80.5 cm³/mol. The Bertz CT molecular complexity index is 907. The van der Waals surface area contributed by atoms with Crippen molar-refractivity contribution in [3.05, 3.63) is 39.2 Å². The Morgan fingerprint density at radius 2 is 2.04 bits per heavy atom. The molecule has 1 aromatic heterocycles. The van der Waals surface area contributed by atoms with Crippen LogP contribution in [0, 0.1) is 11.6 Å². The molecule has 0 aliphatic heterocycles. The maximum atomic E-state index is 14.9. The van der Waals surface area contributed by atoms with Crippen molar-refractivity contribution in [2.24, 2.45) is 5.73 Å². The molecule has 8 heteroatoms. The van der Waals surface area contributed by atoms with Crippen molar-refractivity contribution in [3.8, 4) is 0 Å².